The molecule has 2 rings (SSSR count). The molecule has 1 fully saturated rings. The Balaban J connectivity index is 2.10. The molecule has 0 aliphatic carbocycles. The molecule has 0 bridgehead atoms. The van der Waals surface area contributed by atoms with Crippen molar-refractivity contribution in [2.24, 2.45) is 5.92 Å². The predicted molar refractivity (Wildman–Crippen MR) is 73.6 cm³/mol. The molecule has 2 atom stereocenters. The van der Waals surface area contributed by atoms with Crippen molar-refractivity contribution in [2.45, 2.75) is 25.8 Å². The fourth-order valence-corrected chi connectivity index (χ4v) is 2.42. The number of benzene rings is 1. The van der Waals surface area contributed by atoms with Gasteiger partial charge < -0.3 is 15.2 Å². The van der Waals surface area contributed by atoms with Gasteiger partial charge in [-0.2, -0.15) is 0 Å². The summed E-state index contributed by atoms with van der Waals surface area (Å²) in [4.78, 5) is 23.5. The molecule has 1 heterocycles. The highest BCUT2D eigenvalue weighted by Gasteiger charge is 2.31. The zero-order valence-corrected chi connectivity index (χ0v) is 11.8. The van der Waals surface area contributed by atoms with E-state index in [0.29, 0.717) is 25.2 Å². The second kappa shape index (κ2) is 6.67. The van der Waals surface area contributed by atoms with Crippen molar-refractivity contribution in [3.63, 3.8) is 0 Å². The van der Waals surface area contributed by atoms with Crippen LogP contribution in [0.1, 0.15) is 28.8 Å². The molecule has 5 nitrogen and oxygen atoms in total. The maximum absolute atomic E-state index is 13.2. The Labute approximate surface area is 122 Å². The average molecular weight is 295 g/mol. The normalized spacial score (nSPS) is 19.8. The van der Waals surface area contributed by atoms with Crippen LogP contribution in [-0.2, 0) is 9.53 Å². The van der Waals surface area contributed by atoms with Crippen molar-refractivity contribution in [3.8, 4) is 0 Å². The van der Waals surface area contributed by atoms with Crippen molar-refractivity contribution >= 4 is 11.9 Å². The number of carbonyl (C=O) groups is 2. The highest BCUT2D eigenvalue weighted by atomic mass is 19.1. The first-order valence-electron chi connectivity index (χ1n) is 6.86. The zero-order chi connectivity index (χ0) is 15.4. The van der Waals surface area contributed by atoms with Gasteiger partial charge in [0.15, 0.2) is 0 Å². The third-order valence-electron chi connectivity index (χ3n) is 3.64. The minimum absolute atomic E-state index is 0.247. The van der Waals surface area contributed by atoms with Crippen molar-refractivity contribution in [3.05, 3.63) is 35.1 Å². The number of ether oxygens (including phenoxy) is 1. The van der Waals surface area contributed by atoms with Crippen molar-refractivity contribution < 1.29 is 23.8 Å². The lowest BCUT2D eigenvalue weighted by Gasteiger charge is -2.28. The van der Waals surface area contributed by atoms with Gasteiger partial charge in [-0.25, -0.2) is 9.18 Å². The number of carbonyl (C=O) groups excluding carboxylic acids is 1. The summed E-state index contributed by atoms with van der Waals surface area (Å²) in [7, 11) is 0. The van der Waals surface area contributed by atoms with E-state index in [-0.39, 0.29) is 11.5 Å². The molecule has 21 heavy (non-hydrogen) atoms. The second-order valence-electron chi connectivity index (χ2n) is 5.23. The minimum atomic E-state index is -1.09. The third-order valence-corrected chi connectivity index (χ3v) is 3.64. The highest BCUT2D eigenvalue weighted by Crippen LogP contribution is 2.18. The van der Waals surface area contributed by atoms with Gasteiger partial charge in [0.05, 0.1) is 6.61 Å². The van der Waals surface area contributed by atoms with Crippen LogP contribution in [0.15, 0.2) is 18.2 Å². The molecular formula is C15H18FNO4. The van der Waals surface area contributed by atoms with Crippen LogP contribution < -0.4 is 5.32 Å². The molecule has 6 heteroatoms. The molecule has 0 spiro atoms. The lowest BCUT2D eigenvalue weighted by Crippen LogP contribution is -2.48. The summed E-state index contributed by atoms with van der Waals surface area (Å²) >= 11 is 0. The monoisotopic (exact) mass is 295 g/mol. The van der Waals surface area contributed by atoms with Crippen LogP contribution in [0.2, 0.25) is 0 Å². The van der Waals surface area contributed by atoms with Gasteiger partial charge >= 0.3 is 5.97 Å². The first-order valence-corrected chi connectivity index (χ1v) is 6.86. The van der Waals surface area contributed by atoms with E-state index in [1.165, 1.54) is 18.2 Å². The smallest absolute Gasteiger partial charge is 0.326 e. The Bertz CT molecular complexity index is 540. The first-order chi connectivity index (χ1) is 9.99. The second-order valence-corrected chi connectivity index (χ2v) is 5.23. The van der Waals surface area contributed by atoms with Crippen LogP contribution in [-0.4, -0.2) is 36.2 Å². The number of carboxylic acids is 1. The van der Waals surface area contributed by atoms with Crippen LogP contribution in [0.5, 0.6) is 0 Å². The first kappa shape index (κ1) is 15.4. The standard InChI is InChI=1S/C15H18FNO4/c1-9-7-10(4-5-12(9)16)14(18)17-13(15(19)20)11-3-2-6-21-8-11/h4-5,7,11,13H,2-3,6,8H2,1H3,(H,17,18)(H,19,20). The summed E-state index contributed by atoms with van der Waals surface area (Å²) in [5.74, 6) is -2.25. The van der Waals surface area contributed by atoms with Crippen LogP contribution in [0, 0.1) is 18.7 Å². The summed E-state index contributed by atoms with van der Waals surface area (Å²) < 4.78 is 18.5. The summed E-state index contributed by atoms with van der Waals surface area (Å²) in [5.41, 5.74) is 0.590. The van der Waals surface area contributed by atoms with Crippen LogP contribution in [0.4, 0.5) is 4.39 Å². The fraction of sp³-hybridized carbons (Fsp3) is 0.467. The number of aryl methyl sites for hydroxylation is 1. The third kappa shape index (κ3) is 3.78. The maximum Gasteiger partial charge on any atom is 0.326 e. The maximum atomic E-state index is 13.2. The Morgan fingerprint density at radius 3 is 2.81 bits per heavy atom. The number of carboxylic acid groups (broad SMARTS) is 1. The Hall–Kier alpha value is -1.95. The van der Waals surface area contributed by atoms with E-state index in [2.05, 4.69) is 5.32 Å². The Morgan fingerprint density at radius 1 is 1.48 bits per heavy atom. The molecule has 1 aromatic carbocycles. The van der Waals surface area contributed by atoms with Crippen LogP contribution in [0.3, 0.4) is 0 Å². The van der Waals surface area contributed by atoms with Gasteiger partial charge in [0.1, 0.15) is 11.9 Å². The lowest BCUT2D eigenvalue weighted by molar-refractivity contribution is -0.142. The van der Waals surface area contributed by atoms with E-state index in [0.717, 1.165) is 6.42 Å². The van der Waals surface area contributed by atoms with E-state index >= 15 is 0 Å². The number of hydrogen-bond donors (Lipinski definition) is 2. The van der Waals surface area contributed by atoms with Gasteiger partial charge in [-0.05, 0) is 43.5 Å². The summed E-state index contributed by atoms with van der Waals surface area (Å²) in [6.45, 7) is 2.49. The average Bonchev–Trinajstić information content (AvgIpc) is 2.48. The fourth-order valence-electron chi connectivity index (χ4n) is 2.42. The molecule has 2 N–H and O–H groups in total. The summed E-state index contributed by atoms with van der Waals surface area (Å²) in [6, 6.07) is 2.95. The highest BCUT2D eigenvalue weighted by molar-refractivity contribution is 5.96. The van der Waals surface area contributed by atoms with Crippen molar-refractivity contribution in [1.29, 1.82) is 0 Å². The largest absolute Gasteiger partial charge is 0.480 e. The molecule has 114 valence electrons. The molecular weight excluding hydrogens is 277 g/mol. The Kier molecular flexibility index (Phi) is 4.90. The molecule has 0 aromatic heterocycles. The summed E-state index contributed by atoms with van der Waals surface area (Å²) in [5, 5.41) is 11.8. The van der Waals surface area contributed by atoms with Crippen LogP contribution in [0.25, 0.3) is 0 Å². The zero-order valence-electron chi connectivity index (χ0n) is 11.8. The molecule has 0 saturated carbocycles. The van der Waals surface area contributed by atoms with Gasteiger partial charge in [0.25, 0.3) is 5.91 Å². The number of amides is 1. The van der Waals surface area contributed by atoms with Gasteiger partial charge in [0, 0.05) is 18.1 Å². The number of halogens is 1. The molecule has 2 unspecified atom stereocenters. The quantitative estimate of drug-likeness (QED) is 0.887. The number of hydrogen-bond acceptors (Lipinski definition) is 3. The SMILES string of the molecule is Cc1cc(C(=O)NC(C(=O)O)C2CCCOC2)ccc1F. The topological polar surface area (TPSA) is 75.6 Å². The van der Waals surface area contributed by atoms with E-state index < -0.39 is 23.7 Å². The minimum Gasteiger partial charge on any atom is -0.480 e. The summed E-state index contributed by atoms with van der Waals surface area (Å²) in [6.07, 6.45) is 1.47. The number of aliphatic carboxylic acids is 1. The molecule has 0 radical (unpaired) electrons. The molecule has 1 aliphatic heterocycles. The van der Waals surface area contributed by atoms with E-state index in [4.69, 9.17) is 4.74 Å². The van der Waals surface area contributed by atoms with Crippen LogP contribution >= 0.6 is 0 Å². The van der Waals surface area contributed by atoms with Gasteiger partial charge in [-0.1, -0.05) is 0 Å². The Morgan fingerprint density at radius 2 is 2.24 bits per heavy atom. The van der Waals surface area contributed by atoms with Gasteiger partial charge in [-0.15, -0.1) is 0 Å². The molecule has 1 saturated heterocycles. The van der Waals surface area contributed by atoms with Gasteiger partial charge in [-0.3, -0.25) is 4.79 Å². The van der Waals surface area contributed by atoms with Crippen molar-refractivity contribution in [1.82, 2.24) is 5.32 Å². The number of rotatable bonds is 4. The molecule has 1 aromatic rings. The molecule has 1 aliphatic rings. The predicted octanol–water partition coefficient (Wildman–Crippen LogP) is 1.74. The van der Waals surface area contributed by atoms with E-state index in [9.17, 15) is 19.1 Å². The van der Waals surface area contributed by atoms with Crippen molar-refractivity contribution in [2.75, 3.05) is 13.2 Å². The van der Waals surface area contributed by atoms with E-state index in [1.807, 2.05) is 0 Å². The van der Waals surface area contributed by atoms with Gasteiger partial charge in [0.2, 0.25) is 0 Å². The lowest BCUT2D eigenvalue weighted by atomic mass is 9.93. The number of nitrogens with one attached hydrogen (secondary N) is 1. The van der Waals surface area contributed by atoms with E-state index in [1.54, 1.807) is 6.92 Å². The molecule has 1 amide bonds.